The first-order valence-corrected chi connectivity index (χ1v) is 7.59. The number of amides is 1. The highest BCUT2D eigenvalue weighted by Gasteiger charge is 2.34. The van der Waals surface area contributed by atoms with Gasteiger partial charge in [-0.1, -0.05) is 12.1 Å². The molecule has 134 valence electrons. The lowest BCUT2D eigenvalue weighted by molar-refractivity contribution is -0.141. The maximum Gasteiger partial charge on any atom is 0.435 e. The highest BCUT2D eigenvalue weighted by atomic mass is 19.4. The molecule has 2 aromatic rings. The van der Waals surface area contributed by atoms with Crippen LogP contribution in [-0.4, -0.2) is 22.2 Å². The third-order valence-corrected chi connectivity index (χ3v) is 3.41. The van der Waals surface area contributed by atoms with E-state index in [1.54, 1.807) is 13.0 Å². The van der Waals surface area contributed by atoms with Crippen LogP contribution in [0.2, 0.25) is 0 Å². The summed E-state index contributed by atoms with van der Waals surface area (Å²) in [6.07, 6.45) is -1.17. The predicted molar refractivity (Wildman–Crippen MR) is 85.0 cm³/mol. The van der Waals surface area contributed by atoms with Gasteiger partial charge in [-0.25, -0.2) is 4.39 Å². The van der Waals surface area contributed by atoms with Gasteiger partial charge in [0, 0.05) is 24.9 Å². The molecule has 2 rings (SSSR count). The van der Waals surface area contributed by atoms with Gasteiger partial charge >= 0.3 is 6.18 Å². The number of halogens is 4. The number of benzene rings is 1. The summed E-state index contributed by atoms with van der Waals surface area (Å²) in [5, 5.41) is 6.14. The normalized spacial score (nSPS) is 11.9. The molecular weight excluding hydrogens is 338 g/mol. The average molecular weight is 355 g/mol. The SMILES string of the molecule is Cc1cc(C(F)(F)F)nn1CCCNC(=O)/C=C/c1ccc(F)cc1. The molecule has 0 aliphatic carbocycles. The molecule has 0 unspecified atom stereocenters. The molecule has 0 fully saturated rings. The predicted octanol–water partition coefficient (Wildman–Crippen LogP) is 3.57. The summed E-state index contributed by atoms with van der Waals surface area (Å²) in [7, 11) is 0. The monoisotopic (exact) mass is 355 g/mol. The Morgan fingerprint density at radius 3 is 2.56 bits per heavy atom. The summed E-state index contributed by atoms with van der Waals surface area (Å²) >= 11 is 0. The number of rotatable bonds is 6. The minimum absolute atomic E-state index is 0.268. The first-order chi connectivity index (χ1) is 11.8. The van der Waals surface area contributed by atoms with Crippen LogP contribution >= 0.6 is 0 Å². The lowest BCUT2D eigenvalue weighted by atomic mass is 10.2. The van der Waals surface area contributed by atoms with Crippen molar-refractivity contribution < 1.29 is 22.4 Å². The molecule has 0 atom stereocenters. The summed E-state index contributed by atoms with van der Waals surface area (Å²) in [5.74, 6) is -0.693. The molecule has 4 nitrogen and oxygen atoms in total. The molecule has 1 N–H and O–H groups in total. The van der Waals surface area contributed by atoms with Crippen LogP contribution in [0.3, 0.4) is 0 Å². The number of nitrogens with one attached hydrogen (secondary N) is 1. The van der Waals surface area contributed by atoms with Gasteiger partial charge in [-0.3, -0.25) is 9.48 Å². The van der Waals surface area contributed by atoms with Crippen LogP contribution in [0, 0.1) is 12.7 Å². The summed E-state index contributed by atoms with van der Waals surface area (Å²) < 4.78 is 51.7. The molecule has 0 aliphatic rings. The van der Waals surface area contributed by atoms with Crippen molar-refractivity contribution in [1.82, 2.24) is 15.1 Å². The van der Waals surface area contributed by atoms with E-state index in [-0.39, 0.29) is 18.3 Å². The Kier molecular flexibility index (Phi) is 5.95. The first kappa shape index (κ1) is 18.7. The number of carbonyl (C=O) groups excluding carboxylic acids is 1. The first-order valence-electron chi connectivity index (χ1n) is 7.59. The summed E-state index contributed by atoms with van der Waals surface area (Å²) in [5.41, 5.74) is 0.175. The van der Waals surface area contributed by atoms with Crippen molar-refractivity contribution in [1.29, 1.82) is 0 Å². The molecule has 0 spiro atoms. The van der Waals surface area contributed by atoms with E-state index in [2.05, 4.69) is 10.4 Å². The third kappa shape index (κ3) is 5.74. The number of carbonyl (C=O) groups is 1. The molecular formula is C17H17F4N3O. The summed E-state index contributed by atoms with van der Waals surface area (Å²) in [6.45, 7) is 2.11. The number of nitrogens with zero attached hydrogens (tertiary/aromatic N) is 2. The molecule has 0 aliphatic heterocycles. The number of aryl methyl sites for hydroxylation is 2. The van der Waals surface area contributed by atoms with E-state index in [1.807, 2.05) is 0 Å². The zero-order valence-corrected chi connectivity index (χ0v) is 13.5. The van der Waals surface area contributed by atoms with Crippen molar-refractivity contribution >= 4 is 12.0 Å². The topological polar surface area (TPSA) is 46.9 Å². The minimum atomic E-state index is -4.46. The van der Waals surface area contributed by atoms with Gasteiger partial charge in [-0.2, -0.15) is 18.3 Å². The number of alkyl halides is 3. The summed E-state index contributed by atoms with van der Waals surface area (Å²) in [6, 6.07) is 6.65. The van der Waals surface area contributed by atoms with Crippen LogP contribution in [0.25, 0.3) is 6.08 Å². The van der Waals surface area contributed by atoms with Gasteiger partial charge in [-0.15, -0.1) is 0 Å². The van der Waals surface area contributed by atoms with E-state index in [0.717, 1.165) is 6.07 Å². The van der Waals surface area contributed by atoms with Crippen LogP contribution in [-0.2, 0) is 17.5 Å². The van der Waals surface area contributed by atoms with Gasteiger partial charge in [0.1, 0.15) is 5.82 Å². The van der Waals surface area contributed by atoms with Crippen molar-refractivity contribution in [3.8, 4) is 0 Å². The minimum Gasteiger partial charge on any atom is -0.352 e. The number of hydrogen-bond acceptors (Lipinski definition) is 2. The standard InChI is InChI=1S/C17H17F4N3O/c1-12-11-15(17(19,20)21)23-24(12)10-2-9-22-16(25)8-5-13-3-6-14(18)7-4-13/h3-8,11H,2,9-10H2,1H3,(H,22,25)/b8-5+. The maximum atomic E-state index is 12.8. The summed E-state index contributed by atoms with van der Waals surface area (Å²) in [4.78, 5) is 11.7. The van der Waals surface area contributed by atoms with Crippen LogP contribution in [0.1, 0.15) is 23.4 Å². The zero-order chi connectivity index (χ0) is 18.4. The fraction of sp³-hybridized carbons (Fsp3) is 0.294. The Hall–Kier alpha value is -2.64. The van der Waals surface area contributed by atoms with Gasteiger partial charge in [0.05, 0.1) is 0 Å². The molecule has 0 saturated carbocycles. The number of aromatic nitrogens is 2. The fourth-order valence-electron chi connectivity index (χ4n) is 2.12. The van der Waals surface area contributed by atoms with Crippen LogP contribution < -0.4 is 5.32 Å². The van der Waals surface area contributed by atoms with Gasteiger partial charge in [0.25, 0.3) is 0 Å². The molecule has 1 aromatic carbocycles. The van der Waals surface area contributed by atoms with Crippen molar-refractivity contribution in [3.63, 3.8) is 0 Å². The van der Waals surface area contributed by atoms with Crippen LogP contribution in [0.5, 0.6) is 0 Å². The van der Waals surface area contributed by atoms with Gasteiger partial charge < -0.3 is 5.32 Å². The van der Waals surface area contributed by atoms with Crippen molar-refractivity contribution in [2.45, 2.75) is 26.1 Å². The molecule has 1 heterocycles. The lowest BCUT2D eigenvalue weighted by Gasteiger charge is -2.05. The second kappa shape index (κ2) is 7.96. The molecule has 0 bridgehead atoms. The van der Waals surface area contributed by atoms with E-state index in [4.69, 9.17) is 0 Å². The third-order valence-electron chi connectivity index (χ3n) is 3.41. The van der Waals surface area contributed by atoms with Gasteiger partial charge in [-0.05, 0) is 43.2 Å². The van der Waals surface area contributed by atoms with Crippen LogP contribution in [0.4, 0.5) is 17.6 Å². The van der Waals surface area contributed by atoms with E-state index in [0.29, 0.717) is 24.2 Å². The van der Waals surface area contributed by atoms with E-state index in [9.17, 15) is 22.4 Å². The van der Waals surface area contributed by atoms with Gasteiger partial charge in [0.15, 0.2) is 5.69 Å². The highest BCUT2D eigenvalue weighted by molar-refractivity contribution is 5.91. The molecule has 0 radical (unpaired) electrons. The Morgan fingerprint density at radius 1 is 1.28 bits per heavy atom. The molecule has 1 aromatic heterocycles. The van der Waals surface area contributed by atoms with Crippen molar-refractivity contribution in [3.05, 3.63) is 59.2 Å². The maximum absolute atomic E-state index is 12.8. The van der Waals surface area contributed by atoms with E-state index < -0.39 is 11.9 Å². The smallest absolute Gasteiger partial charge is 0.352 e. The molecule has 25 heavy (non-hydrogen) atoms. The van der Waals surface area contributed by atoms with Crippen molar-refractivity contribution in [2.75, 3.05) is 6.54 Å². The largest absolute Gasteiger partial charge is 0.435 e. The average Bonchev–Trinajstić information content (AvgIpc) is 2.92. The quantitative estimate of drug-likeness (QED) is 0.489. The highest BCUT2D eigenvalue weighted by Crippen LogP contribution is 2.28. The fourth-order valence-corrected chi connectivity index (χ4v) is 2.12. The van der Waals surface area contributed by atoms with E-state index >= 15 is 0 Å². The van der Waals surface area contributed by atoms with Crippen LogP contribution in [0.15, 0.2) is 36.4 Å². The lowest BCUT2D eigenvalue weighted by Crippen LogP contribution is -2.23. The Balaban J connectivity index is 1.76. The number of hydrogen-bond donors (Lipinski definition) is 1. The van der Waals surface area contributed by atoms with Gasteiger partial charge in [0.2, 0.25) is 5.91 Å². The molecule has 8 heteroatoms. The Labute approximate surface area is 142 Å². The van der Waals surface area contributed by atoms with Crippen molar-refractivity contribution in [2.24, 2.45) is 0 Å². The second-order valence-electron chi connectivity index (χ2n) is 5.42. The van der Waals surface area contributed by atoms with E-state index in [1.165, 1.54) is 35.0 Å². The molecule has 0 saturated heterocycles. The zero-order valence-electron chi connectivity index (χ0n) is 13.5. The molecule has 1 amide bonds. The Morgan fingerprint density at radius 2 is 1.96 bits per heavy atom. The second-order valence-corrected chi connectivity index (χ2v) is 5.42. The Bertz CT molecular complexity index is 748.